The second-order valence-corrected chi connectivity index (χ2v) is 7.19. The SMILES string of the molecule is CC(C)(C)OC(=O)NC1CC2CCC1C2(C)C. The largest absolute Gasteiger partial charge is 0.444 e. The van der Waals surface area contributed by atoms with Crippen LogP contribution >= 0.6 is 0 Å². The Hall–Kier alpha value is -0.730. The summed E-state index contributed by atoms with van der Waals surface area (Å²) in [5.74, 6) is 1.40. The number of ether oxygens (including phenoxy) is 1. The predicted octanol–water partition coefficient (Wildman–Crippen LogP) is 3.34. The molecule has 3 unspecified atom stereocenters. The predicted molar refractivity (Wildman–Crippen MR) is 67.8 cm³/mol. The molecule has 3 heteroatoms. The topological polar surface area (TPSA) is 38.3 Å². The van der Waals surface area contributed by atoms with Gasteiger partial charge in [-0.05, 0) is 57.3 Å². The van der Waals surface area contributed by atoms with E-state index in [1.807, 2.05) is 20.8 Å². The smallest absolute Gasteiger partial charge is 0.407 e. The van der Waals surface area contributed by atoms with Crippen LogP contribution in [0.15, 0.2) is 0 Å². The van der Waals surface area contributed by atoms with E-state index in [1.165, 1.54) is 12.8 Å². The molecule has 0 radical (unpaired) electrons. The van der Waals surface area contributed by atoms with Gasteiger partial charge in [-0.15, -0.1) is 0 Å². The first-order valence-electron chi connectivity index (χ1n) is 6.69. The van der Waals surface area contributed by atoms with Gasteiger partial charge in [0.05, 0.1) is 0 Å². The lowest BCUT2D eigenvalue weighted by molar-refractivity contribution is 0.0481. The highest BCUT2D eigenvalue weighted by Gasteiger charge is 2.53. The molecular formula is C14H25NO2. The fourth-order valence-corrected chi connectivity index (χ4v) is 3.66. The van der Waals surface area contributed by atoms with Gasteiger partial charge in [0.1, 0.15) is 5.60 Å². The highest BCUT2D eigenvalue weighted by molar-refractivity contribution is 5.68. The van der Waals surface area contributed by atoms with Crippen LogP contribution in [0.3, 0.4) is 0 Å². The van der Waals surface area contributed by atoms with E-state index in [0.717, 1.165) is 12.3 Å². The minimum Gasteiger partial charge on any atom is -0.444 e. The average molecular weight is 239 g/mol. The van der Waals surface area contributed by atoms with Crippen molar-refractivity contribution >= 4 is 6.09 Å². The van der Waals surface area contributed by atoms with Crippen LogP contribution < -0.4 is 5.32 Å². The minimum absolute atomic E-state index is 0.258. The van der Waals surface area contributed by atoms with Gasteiger partial charge in [-0.1, -0.05) is 13.8 Å². The van der Waals surface area contributed by atoms with Crippen molar-refractivity contribution < 1.29 is 9.53 Å². The van der Waals surface area contributed by atoms with Crippen LogP contribution in [-0.2, 0) is 4.74 Å². The maximum Gasteiger partial charge on any atom is 0.407 e. The van der Waals surface area contributed by atoms with Crippen LogP contribution in [0.25, 0.3) is 0 Å². The molecule has 2 aliphatic rings. The molecule has 0 heterocycles. The number of carbonyl (C=O) groups is 1. The van der Waals surface area contributed by atoms with Crippen LogP contribution in [0.2, 0.25) is 0 Å². The maximum absolute atomic E-state index is 11.8. The van der Waals surface area contributed by atoms with E-state index in [-0.39, 0.29) is 6.09 Å². The van der Waals surface area contributed by atoms with Crippen molar-refractivity contribution in [2.75, 3.05) is 0 Å². The van der Waals surface area contributed by atoms with Gasteiger partial charge in [-0.3, -0.25) is 0 Å². The summed E-state index contributed by atoms with van der Waals surface area (Å²) in [6.45, 7) is 10.4. The summed E-state index contributed by atoms with van der Waals surface area (Å²) in [5, 5.41) is 3.06. The van der Waals surface area contributed by atoms with Crippen molar-refractivity contribution in [3.05, 3.63) is 0 Å². The minimum atomic E-state index is -0.406. The molecule has 2 fully saturated rings. The molecule has 0 aromatic heterocycles. The van der Waals surface area contributed by atoms with Crippen LogP contribution in [-0.4, -0.2) is 17.7 Å². The highest BCUT2D eigenvalue weighted by atomic mass is 16.6. The van der Waals surface area contributed by atoms with Gasteiger partial charge < -0.3 is 10.1 Å². The van der Waals surface area contributed by atoms with Crippen molar-refractivity contribution in [2.24, 2.45) is 17.3 Å². The first-order valence-corrected chi connectivity index (χ1v) is 6.69. The molecule has 17 heavy (non-hydrogen) atoms. The summed E-state index contributed by atoms with van der Waals surface area (Å²) in [6, 6.07) is 0.318. The van der Waals surface area contributed by atoms with Gasteiger partial charge in [0.2, 0.25) is 0 Å². The lowest BCUT2D eigenvalue weighted by Gasteiger charge is -2.28. The molecule has 1 amide bonds. The molecule has 2 aliphatic carbocycles. The molecular weight excluding hydrogens is 214 g/mol. The number of hydrogen-bond donors (Lipinski definition) is 1. The van der Waals surface area contributed by atoms with E-state index in [4.69, 9.17) is 4.74 Å². The number of carbonyl (C=O) groups excluding carboxylic acids is 1. The van der Waals surface area contributed by atoms with Gasteiger partial charge in [0.25, 0.3) is 0 Å². The zero-order valence-corrected chi connectivity index (χ0v) is 11.7. The molecule has 2 bridgehead atoms. The summed E-state index contributed by atoms with van der Waals surface area (Å²) >= 11 is 0. The van der Waals surface area contributed by atoms with Gasteiger partial charge in [-0.2, -0.15) is 0 Å². The van der Waals surface area contributed by atoms with Gasteiger partial charge in [-0.25, -0.2) is 4.79 Å². The number of hydrogen-bond acceptors (Lipinski definition) is 2. The Bertz CT molecular complexity index is 317. The third kappa shape index (κ3) is 2.43. The Morgan fingerprint density at radius 3 is 2.35 bits per heavy atom. The van der Waals surface area contributed by atoms with Crippen LogP contribution in [0.5, 0.6) is 0 Å². The monoisotopic (exact) mass is 239 g/mol. The summed E-state index contributed by atoms with van der Waals surface area (Å²) in [7, 11) is 0. The number of fused-ring (bicyclic) bond motifs is 2. The Morgan fingerprint density at radius 2 is 1.94 bits per heavy atom. The van der Waals surface area contributed by atoms with Crippen molar-refractivity contribution in [3.63, 3.8) is 0 Å². The highest BCUT2D eigenvalue weighted by Crippen LogP contribution is 2.57. The van der Waals surface area contributed by atoms with Crippen LogP contribution in [0.1, 0.15) is 53.9 Å². The summed E-state index contributed by atoms with van der Waals surface area (Å²) in [6.07, 6.45) is 3.44. The van der Waals surface area contributed by atoms with Crippen molar-refractivity contribution in [1.29, 1.82) is 0 Å². The lowest BCUT2D eigenvalue weighted by atomic mass is 9.81. The Kier molecular flexibility index (Phi) is 2.91. The molecule has 0 aromatic carbocycles. The molecule has 0 saturated heterocycles. The van der Waals surface area contributed by atoms with E-state index < -0.39 is 5.60 Å². The van der Waals surface area contributed by atoms with E-state index in [1.54, 1.807) is 0 Å². The molecule has 3 nitrogen and oxygen atoms in total. The molecule has 1 N–H and O–H groups in total. The van der Waals surface area contributed by atoms with Crippen molar-refractivity contribution in [3.8, 4) is 0 Å². The van der Waals surface area contributed by atoms with Crippen molar-refractivity contribution in [1.82, 2.24) is 5.32 Å². The standard InChI is InChI=1S/C14H25NO2/c1-13(2,3)17-12(16)15-11-8-9-6-7-10(11)14(9,4)5/h9-11H,6-8H2,1-5H3,(H,15,16). The fourth-order valence-electron chi connectivity index (χ4n) is 3.66. The second kappa shape index (κ2) is 3.89. The Balaban J connectivity index is 1.92. The third-order valence-electron chi connectivity index (χ3n) is 4.56. The summed E-state index contributed by atoms with van der Waals surface area (Å²) in [5.41, 5.74) is -0.0170. The number of rotatable bonds is 1. The molecule has 0 aromatic rings. The summed E-state index contributed by atoms with van der Waals surface area (Å²) < 4.78 is 5.33. The van der Waals surface area contributed by atoms with Crippen LogP contribution in [0.4, 0.5) is 4.79 Å². The van der Waals surface area contributed by atoms with E-state index in [2.05, 4.69) is 19.2 Å². The molecule has 2 rings (SSSR count). The molecule has 0 aliphatic heterocycles. The van der Waals surface area contributed by atoms with E-state index >= 15 is 0 Å². The number of nitrogens with one attached hydrogen (secondary N) is 1. The van der Waals surface area contributed by atoms with E-state index in [9.17, 15) is 4.79 Å². The lowest BCUT2D eigenvalue weighted by Crippen LogP contribution is -2.42. The first-order chi connectivity index (χ1) is 7.70. The van der Waals surface area contributed by atoms with Gasteiger partial charge >= 0.3 is 6.09 Å². The Labute approximate surface area is 104 Å². The average Bonchev–Trinajstić information content (AvgIpc) is 2.50. The van der Waals surface area contributed by atoms with Gasteiger partial charge in [0, 0.05) is 6.04 Å². The molecule has 98 valence electrons. The third-order valence-corrected chi connectivity index (χ3v) is 4.56. The quantitative estimate of drug-likeness (QED) is 0.762. The van der Waals surface area contributed by atoms with Crippen LogP contribution in [0, 0.1) is 17.3 Å². The normalized spacial score (nSPS) is 34.8. The Morgan fingerprint density at radius 1 is 1.29 bits per heavy atom. The zero-order valence-electron chi connectivity index (χ0n) is 11.7. The molecule has 2 saturated carbocycles. The van der Waals surface area contributed by atoms with Gasteiger partial charge in [0.15, 0.2) is 0 Å². The molecule has 3 atom stereocenters. The first kappa shape index (κ1) is 12.7. The fraction of sp³-hybridized carbons (Fsp3) is 0.929. The maximum atomic E-state index is 11.8. The zero-order chi connectivity index (χ0) is 12.8. The summed E-state index contributed by atoms with van der Waals surface area (Å²) in [4.78, 5) is 11.8. The molecule has 0 spiro atoms. The number of alkyl carbamates (subject to hydrolysis) is 1. The van der Waals surface area contributed by atoms with E-state index in [0.29, 0.717) is 17.4 Å². The van der Waals surface area contributed by atoms with Crippen molar-refractivity contribution in [2.45, 2.75) is 65.5 Å². The second-order valence-electron chi connectivity index (χ2n) is 7.19. The number of amides is 1.